The lowest BCUT2D eigenvalue weighted by Gasteiger charge is -2.32. The maximum Gasteiger partial charge on any atom is 0.438 e. The van der Waals surface area contributed by atoms with Crippen LogP contribution in [0.3, 0.4) is 0 Å². The van der Waals surface area contributed by atoms with Gasteiger partial charge in [0.05, 0.1) is 17.1 Å². The molecule has 0 aromatic heterocycles. The molecule has 0 bridgehead atoms. The molecule has 11 heteroatoms. The molecule has 3 rings (SSSR count). The number of carbonyl (C=O) groups excluding carboxylic acids is 1. The summed E-state index contributed by atoms with van der Waals surface area (Å²) in [7, 11) is 0. The summed E-state index contributed by atoms with van der Waals surface area (Å²) in [6, 6.07) is 9.09. The molecule has 1 aliphatic heterocycles. The zero-order chi connectivity index (χ0) is 20.7. The highest BCUT2D eigenvalue weighted by Gasteiger charge is 2.63. The molecular weight excluding hydrogens is 383 g/mol. The van der Waals surface area contributed by atoms with E-state index in [0.29, 0.717) is 0 Å². The number of alkyl halides is 3. The van der Waals surface area contributed by atoms with E-state index >= 15 is 0 Å². The van der Waals surface area contributed by atoms with Crippen molar-refractivity contribution >= 4 is 17.3 Å². The largest absolute Gasteiger partial charge is 0.508 e. The first-order chi connectivity index (χ1) is 13.0. The summed E-state index contributed by atoms with van der Waals surface area (Å²) in [6.45, 7) is 0. The van der Waals surface area contributed by atoms with Crippen molar-refractivity contribution in [3.63, 3.8) is 0 Å². The molecule has 0 radical (unpaired) electrons. The SMILES string of the molecule is O=C(c1cccc(O)c1)N1N=C(c2ccc([N+](=O)[O-])cc2)C[C@@]1(O)C(F)(F)F. The van der Waals surface area contributed by atoms with E-state index in [1.54, 1.807) is 0 Å². The van der Waals surface area contributed by atoms with E-state index in [0.717, 1.165) is 24.3 Å². The fraction of sp³-hybridized carbons (Fsp3) is 0.176. The van der Waals surface area contributed by atoms with Crippen LogP contribution in [0.2, 0.25) is 0 Å². The van der Waals surface area contributed by atoms with Crippen LogP contribution in [0.15, 0.2) is 53.6 Å². The van der Waals surface area contributed by atoms with Gasteiger partial charge in [0.2, 0.25) is 0 Å². The van der Waals surface area contributed by atoms with Crippen LogP contribution >= 0.6 is 0 Å². The predicted octanol–water partition coefficient (Wildman–Crippen LogP) is 2.80. The molecule has 1 heterocycles. The number of nitro benzene ring substituents is 1. The molecule has 1 atom stereocenters. The predicted molar refractivity (Wildman–Crippen MR) is 89.5 cm³/mol. The van der Waals surface area contributed by atoms with E-state index in [-0.39, 0.29) is 33.3 Å². The van der Waals surface area contributed by atoms with Crippen molar-refractivity contribution < 1.29 is 33.1 Å². The van der Waals surface area contributed by atoms with Gasteiger partial charge in [0.15, 0.2) is 0 Å². The third kappa shape index (κ3) is 3.27. The van der Waals surface area contributed by atoms with Crippen LogP contribution in [-0.4, -0.2) is 43.7 Å². The number of aromatic hydroxyl groups is 1. The number of halogens is 3. The molecule has 0 fully saturated rings. The van der Waals surface area contributed by atoms with Gasteiger partial charge in [0.25, 0.3) is 17.3 Å². The Labute approximate surface area is 155 Å². The van der Waals surface area contributed by atoms with Crippen molar-refractivity contribution in [3.05, 3.63) is 69.8 Å². The number of rotatable bonds is 3. The molecule has 2 aromatic rings. The summed E-state index contributed by atoms with van der Waals surface area (Å²) in [5.41, 5.74) is -4.38. The van der Waals surface area contributed by atoms with Crippen molar-refractivity contribution in [1.29, 1.82) is 0 Å². The number of hydrogen-bond donors (Lipinski definition) is 2. The monoisotopic (exact) mass is 395 g/mol. The number of nitro groups is 1. The molecule has 0 saturated heterocycles. The van der Waals surface area contributed by atoms with Crippen molar-refractivity contribution in [3.8, 4) is 5.75 Å². The molecule has 146 valence electrons. The summed E-state index contributed by atoms with van der Waals surface area (Å²) in [6.07, 6.45) is -6.29. The van der Waals surface area contributed by atoms with Gasteiger partial charge in [-0.2, -0.15) is 23.3 Å². The smallest absolute Gasteiger partial charge is 0.438 e. The third-order valence-electron chi connectivity index (χ3n) is 4.14. The van der Waals surface area contributed by atoms with Crippen LogP contribution in [-0.2, 0) is 0 Å². The third-order valence-corrected chi connectivity index (χ3v) is 4.14. The Hall–Kier alpha value is -3.47. The van der Waals surface area contributed by atoms with Crippen molar-refractivity contribution in [2.45, 2.75) is 18.3 Å². The number of aliphatic hydroxyl groups is 1. The fourth-order valence-corrected chi connectivity index (χ4v) is 2.68. The molecule has 1 aliphatic rings. The first-order valence-corrected chi connectivity index (χ1v) is 7.78. The lowest BCUT2D eigenvalue weighted by atomic mass is 10.0. The number of benzene rings is 2. The number of non-ortho nitro benzene ring substituents is 1. The second-order valence-corrected chi connectivity index (χ2v) is 6.01. The van der Waals surface area contributed by atoms with Gasteiger partial charge in [-0.3, -0.25) is 14.9 Å². The van der Waals surface area contributed by atoms with E-state index < -0.39 is 29.2 Å². The number of phenols is 1. The second kappa shape index (κ2) is 6.60. The molecule has 0 spiro atoms. The Morgan fingerprint density at radius 3 is 2.39 bits per heavy atom. The number of amides is 1. The molecule has 2 N–H and O–H groups in total. The quantitative estimate of drug-likeness (QED) is 0.612. The Balaban J connectivity index is 2.03. The first-order valence-electron chi connectivity index (χ1n) is 7.78. The van der Waals surface area contributed by atoms with Crippen LogP contribution < -0.4 is 0 Å². The average molecular weight is 395 g/mol. The number of hydrazone groups is 1. The summed E-state index contributed by atoms with van der Waals surface area (Å²) in [5.74, 6) is -1.62. The van der Waals surface area contributed by atoms with E-state index in [4.69, 9.17) is 0 Å². The summed E-state index contributed by atoms with van der Waals surface area (Å²) in [5, 5.41) is 34.0. The fourth-order valence-electron chi connectivity index (χ4n) is 2.68. The Morgan fingerprint density at radius 1 is 1.21 bits per heavy atom. The highest BCUT2D eigenvalue weighted by molar-refractivity contribution is 6.05. The molecule has 2 aromatic carbocycles. The van der Waals surface area contributed by atoms with Gasteiger partial charge >= 0.3 is 6.18 Å². The molecule has 0 unspecified atom stereocenters. The van der Waals surface area contributed by atoms with Crippen molar-refractivity contribution in [2.24, 2.45) is 5.10 Å². The van der Waals surface area contributed by atoms with Gasteiger partial charge in [0, 0.05) is 17.7 Å². The van der Waals surface area contributed by atoms with Gasteiger partial charge in [-0.15, -0.1) is 0 Å². The average Bonchev–Trinajstić information content (AvgIpc) is 3.00. The molecular formula is C17H12F3N3O5. The van der Waals surface area contributed by atoms with Gasteiger partial charge < -0.3 is 10.2 Å². The van der Waals surface area contributed by atoms with Crippen LogP contribution in [0.5, 0.6) is 5.75 Å². The second-order valence-electron chi connectivity index (χ2n) is 6.01. The number of hydrogen-bond acceptors (Lipinski definition) is 6. The minimum absolute atomic E-state index is 0.0829. The Kier molecular flexibility index (Phi) is 4.55. The lowest BCUT2D eigenvalue weighted by molar-refractivity contribution is -0.384. The van der Waals surface area contributed by atoms with E-state index in [1.807, 2.05) is 0 Å². The number of nitrogens with zero attached hydrogens (tertiary/aromatic N) is 3. The van der Waals surface area contributed by atoms with Gasteiger partial charge in [0.1, 0.15) is 5.75 Å². The standard InChI is InChI=1S/C17H12F3N3O5/c18-17(19,20)16(26)9-14(10-4-6-12(7-5-10)23(27)28)21-22(16)15(25)11-2-1-3-13(24)8-11/h1-8,24,26H,9H2/t16-/m1/s1. The molecule has 8 nitrogen and oxygen atoms in total. The normalized spacial score (nSPS) is 19.4. The zero-order valence-electron chi connectivity index (χ0n) is 13.9. The summed E-state index contributed by atoms with van der Waals surface area (Å²) in [4.78, 5) is 22.6. The Bertz CT molecular complexity index is 975. The van der Waals surface area contributed by atoms with Crippen LogP contribution in [0.1, 0.15) is 22.3 Å². The summed E-state index contributed by atoms with van der Waals surface area (Å²) < 4.78 is 40.7. The minimum atomic E-state index is -5.23. The molecule has 0 aliphatic carbocycles. The van der Waals surface area contributed by atoms with Crippen LogP contribution in [0.4, 0.5) is 18.9 Å². The zero-order valence-corrected chi connectivity index (χ0v) is 13.9. The van der Waals surface area contributed by atoms with Gasteiger partial charge in [-0.05, 0) is 35.9 Å². The topological polar surface area (TPSA) is 116 Å². The number of phenolic OH excluding ortho intramolecular Hbond substituents is 1. The van der Waals surface area contributed by atoms with Crippen LogP contribution in [0.25, 0.3) is 0 Å². The van der Waals surface area contributed by atoms with Crippen molar-refractivity contribution in [1.82, 2.24) is 5.01 Å². The van der Waals surface area contributed by atoms with E-state index in [9.17, 15) is 38.3 Å². The molecule has 0 saturated carbocycles. The van der Waals surface area contributed by atoms with Gasteiger partial charge in [-0.1, -0.05) is 6.07 Å². The first kappa shape index (κ1) is 19.3. The maximum absolute atomic E-state index is 13.6. The molecule has 28 heavy (non-hydrogen) atoms. The molecule has 1 amide bonds. The van der Waals surface area contributed by atoms with Crippen molar-refractivity contribution in [2.75, 3.05) is 0 Å². The minimum Gasteiger partial charge on any atom is -0.508 e. The number of carbonyl (C=O) groups is 1. The van der Waals surface area contributed by atoms with E-state index in [2.05, 4.69) is 5.10 Å². The summed E-state index contributed by atoms with van der Waals surface area (Å²) >= 11 is 0. The van der Waals surface area contributed by atoms with Crippen LogP contribution in [0, 0.1) is 10.1 Å². The highest BCUT2D eigenvalue weighted by Crippen LogP contribution is 2.42. The van der Waals surface area contributed by atoms with E-state index in [1.165, 1.54) is 24.3 Å². The maximum atomic E-state index is 13.6. The Morgan fingerprint density at radius 2 is 1.86 bits per heavy atom. The lowest BCUT2D eigenvalue weighted by Crippen LogP contribution is -2.56. The highest BCUT2D eigenvalue weighted by atomic mass is 19.4. The van der Waals surface area contributed by atoms with Gasteiger partial charge in [-0.25, -0.2) is 0 Å².